The van der Waals surface area contributed by atoms with E-state index in [-0.39, 0.29) is 11.4 Å². The van der Waals surface area contributed by atoms with Crippen LogP contribution >= 0.6 is 0 Å². The molecule has 106 valence electrons. The summed E-state index contributed by atoms with van der Waals surface area (Å²) in [4.78, 5) is 13.1. The van der Waals surface area contributed by atoms with Crippen LogP contribution in [-0.2, 0) is 4.79 Å². The Morgan fingerprint density at radius 3 is 2.75 bits per heavy atom. The molecule has 20 heavy (non-hydrogen) atoms. The maximum absolute atomic E-state index is 10.8. The predicted octanol–water partition coefficient (Wildman–Crippen LogP) is 2.79. The molecule has 4 nitrogen and oxygen atoms in total. The molecule has 1 N–H and O–H groups in total. The molecule has 0 saturated heterocycles. The van der Waals surface area contributed by atoms with Crippen LogP contribution < -0.4 is 10.3 Å². The Bertz CT molecular complexity index is 600. The smallest absolute Gasteiger partial charge is 0.236 e. The summed E-state index contributed by atoms with van der Waals surface area (Å²) in [5, 5.41) is 3.91. The van der Waals surface area contributed by atoms with Gasteiger partial charge in [0.2, 0.25) is 5.91 Å². The molecule has 1 aliphatic heterocycles. The number of fused-ring (bicyclic) bond motifs is 1. The van der Waals surface area contributed by atoms with Gasteiger partial charge in [0.1, 0.15) is 0 Å². The van der Waals surface area contributed by atoms with Gasteiger partial charge in [0.05, 0.1) is 11.8 Å². The molecule has 1 amide bonds. The Kier molecular flexibility index (Phi) is 3.66. The van der Waals surface area contributed by atoms with Crippen LogP contribution in [0.15, 0.2) is 29.4 Å². The molecule has 0 aliphatic carbocycles. The molecule has 2 rings (SSSR count). The summed E-state index contributed by atoms with van der Waals surface area (Å²) in [6.45, 7) is 7.97. The van der Waals surface area contributed by atoms with Crippen LogP contribution in [-0.4, -0.2) is 24.7 Å². The van der Waals surface area contributed by atoms with Gasteiger partial charge in [-0.05, 0) is 44.0 Å². The van der Waals surface area contributed by atoms with Gasteiger partial charge in [-0.25, -0.2) is 5.43 Å². The van der Waals surface area contributed by atoms with Crippen molar-refractivity contribution >= 4 is 23.4 Å². The summed E-state index contributed by atoms with van der Waals surface area (Å²) in [7, 11) is 2.10. The summed E-state index contributed by atoms with van der Waals surface area (Å²) in [5.41, 5.74) is 7.08. The molecule has 0 aromatic heterocycles. The number of likely N-dealkylation sites (N-methyl/N-ethyl adjacent to an activating group) is 1. The maximum atomic E-state index is 10.8. The second-order valence-corrected chi connectivity index (χ2v) is 5.74. The summed E-state index contributed by atoms with van der Waals surface area (Å²) >= 11 is 0. The van der Waals surface area contributed by atoms with Crippen LogP contribution in [0.25, 0.3) is 5.57 Å². The first kappa shape index (κ1) is 14.3. The molecule has 1 aliphatic rings. The van der Waals surface area contributed by atoms with E-state index in [1.165, 1.54) is 23.7 Å². The fraction of sp³-hybridized carbons (Fsp3) is 0.375. The lowest BCUT2D eigenvalue weighted by molar-refractivity contribution is -0.118. The van der Waals surface area contributed by atoms with Gasteiger partial charge in [0.25, 0.3) is 0 Å². The molecular formula is C16H21N3O. The van der Waals surface area contributed by atoms with Crippen molar-refractivity contribution < 1.29 is 4.79 Å². The van der Waals surface area contributed by atoms with Crippen molar-refractivity contribution in [3.05, 3.63) is 35.4 Å². The molecule has 0 radical (unpaired) electrons. The van der Waals surface area contributed by atoms with Crippen LogP contribution in [0.1, 0.15) is 38.8 Å². The molecule has 1 aromatic rings. The first-order valence-corrected chi connectivity index (χ1v) is 6.68. The summed E-state index contributed by atoms with van der Waals surface area (Å²) in [6, 6.07) is 6.20. The van der Waals surface area contributed by atoms with Crippen molar-refractivity contribution in [2.45, 2.75) is 33.2 Å². The van der Waals surface area contributed by atoms with Gasteiger partial charge >= 0.3 is 0 Å². The van der Waals surface area contributed by atoms with E-state index in [9.17, 15) is 4.79 Å². The van der Waals surface area contributed by atoms with Crippen LogP contribution in [0.3, 0.4) is 0 Å². The number of carbonyl (C=O) groups excluding carboxylic acids is 1. The number of amides is 1. The Labute approximate surface area is 120 Å². The number of benzene rings is 1. The number of carbonyl (C=O) groups is 1. The van der Waals surface area contributed by atoms with Crippen molar-refractivity contribution in [2.75, 3.05) is 11.9 Å². The minimum Gasteiger partial charge on any atom is -0.366 e. The number of allylic oxidation sites excluding steroid dienone is 1. The zero-order chi connectivity index (χ0) is 14.9. The van der Waals surface area contributed by atoms with Crippen LogP contribution in [0.4, 0.5) is 5.69 Å². The molecular weight excluding hydrogens is 250 g/mol. The number of hydrazone groups is 1. The van der Waals surface area contributed by atoms with Crippen molar-refractivity contribution in [2.24, 2.45) is 5.10 Å². The quantitative estimate of drug-likeness (QED) is 0.664. The highest BCUT2D eigenvalue weighted by Gasteiger charge is 2.28. The highest BCUT2D eigenvalue weighted by atomic mass is 16.2. The first-order chi connectivity index (χ1) is 9.31. The Balaban J connectivity index is 2.35. The van der Waals surface area contributed by atoms with Crippen LogP contribution in [0, 0.1) is 0 Å². The lowest BCUT2D eigenvalue weighted by Crippen LogP contribution is -2.42. The van der Waals surface area contributed by atoms with Crippen LogP contribution in [0.5, 0.6) is 0 Å². The number of rotatable bonds is 2. The maximum Gasteiger partial charge on any atom is 0.236 e. The van der Waals surface area contributed by atoms with E-state index in [1.54, 1.807) is 6.21 Å². The minimum absolute atomic E-state index is 0.0167. The van der Waals surface area contributed by atoms with Gasteiger partial charge in [-0.15, -0.1) is 0 Å². The van der Waals surface area contributed by atoms with Crippen LogP contribution in [0.2, 0.25) is 0 Å². The number of hydrogen-bond donors (Lipinski definition) is 1. The predicted molar refractivity (Wildman–Crippen MR) is 84.0 cm³/mol. The molecule has 0 fully saturated rings. The second-order valence-electron chi connectivity index (χ2n) is 5.74. The van der Waals surface area contributed by atoms with E-state index in [4.69, 9.17) is 0 Å². The van der Waals surface area contributed by atoms with Gasteiger partial charge in [-0.3, -0.25) is 4.79 Å². The fourth-order valence-corrected chi connectivity index (χ4v) is 2.45. The topological polar surface area (TPSA) is 44.7 Å². The normalized spacial score (nSPS) is 16.9. The monoisotopic (exact) mass is 271 g/mol. The van der Waals surface area contributed by atoms with Crippen molar-refractivity contribution in [3.63, 3.8) is 0 Å². The summed E-state index contributed by atoms with van der Waals surface area (Å²) < 4.78 is 0. The number of nitrogens with zero attached hydrogens (tertiary/aromatic N) is 2. The van der Waals surface area contributed by atoms with Gasteiger partial charge in [-0.1, -0.05) is 12.1 Å². The van der Waals surface area contributed by atoms with Crippen molar-refractivity contribution in [1.82, 2.24) is 5.43 Å². The molecule has 0 saturated carbocycles. The fourth-order valence-electron chi connectivity index (χ4n) is 2.45. The minimum atomic E-state index is -0.170. The first-order valence-electron chi connectivity index (χ1n) is 6.68. The summed E-state index contributed by atoms with van der Waals surface area (Å²) in [6.07, 6.45) is 3.93. The standard InChI is InChI=1S/C16H21N3O/c1-11-9-16(3,4)19(5)15-7-6-13(8-14(11)15)10-17-18-12(2)20/h6-10H,1-5H3,(H,18,20)/b17-10-. The number of nitrogens with one attached hydrogen (secondary N) is 1. The third-order valence-corrected chi connectivity index (χ3v) is 3.68. The molecule has 1 heterocycles. The largest absolute Gasteiger partial charge is 0.366 e. The molecule has 0 unspecified atom stereocenters. The second kappa shape index (κ2) is 5.12. The third-order valence-electron chi connectivity index (χ3n) is 3.68. The Hall–Kier alpha value is -2.10. The Morgan fingerprint density at radius 1 is 1.40 bits per heavy atom. The van der Waals surface area contributed by atoms with Crippen molar-refractivity contribution in [1.29, 1.82) is 0 Å². The molecule has 1 aromatic carbocycles. The van der Waals surface area contributed by atoms with Gasteiger partial charge in [0, 0.05) is 25.2 Å². The zero-order valence-corrected chi connectivity index (χ0v) is 12.7. The average molecular weight is 271 g/mol. The van der Waals surface area contributed by atoms with E-state index in [0.717, 1.165) is 5.56 Å². The van der Waals surface area contributed by atoms with Crippen molar-refractivity contribution in [3.8, 4) is 0 Å². The van der Waals surface area contributed by atoms with E-state index in [0.29, 0.717) is 0 Å². The van der Waals surface area contributed by atoms with E-state index >= 15 is 0 Å². The lowest BCUT2D eigenvalue weighted by Gasteiger charge is -2.40. The SMILES string of the molecule is CC(=O)N/N=C\c1ccc2c(c1)C(C)=CC(C)(C)N2C. The third kappa shape index (κ3) is 2.74. The van der Waals surface area contributed by atoms with E-state index < -0.39 is 0 Å². The lowest BCUT2D eigenvalue weighted by atomic mass is 9.89. The van der Waals surface area contributed by atoms with E-state index in [1.807, 2.05) is 6.07 Å². The number of anilines is 1. The number of hydrogen-bond acceptors (Lipinski definition) is 3. The highest BCUT2D eigenvalue weighted by molar-refractivity contribution is 5.88. The average Bonchev–Trinajstić information content (AvgIpc) is 2.35. The molecule has 0 atom stereocenters. The Morgan fingerprint density at radius 2 is 2.10 bits per heavy atom. The molecule has 0 spiro atoms. The van der Waals surface area contributed by atoms with Gasteiger partial charge in [-0.2, -0.15) is 5.10 Å². The summed E-state index contributed by atoms with van der Waals surface area (Å²) in [5.74, 6) is -0.170. The highest BCUT2D eigenvalue weighted by Crippen LogP contribution is 2.37. The van der Waals surface area contributed by atoms with E-state index in [2.05, 4.69) is 61.5 Å². The zero-order valence-electron chi connectivity index (χ0n) is 12.7. The molecule has 0 bridgehead atoms. The van der Waals surface area contributed by atoms with Gasteiger partial charge < -0.3 is 4.90 Å². The molecule has 4 heteroatoms. The van der Waals surface area contributed by atoms with Gasteiger partial charge in [0.15, 0.2) is 0 Å².